The van der Waals surface area contributed by atoms with Gasteiger partial charge in [0.05, 0.1) is 17.0 Å². The molecule has 0 saturated heterocycles. The van der Waals surface area contributed by atoms with Crippen molar-refractivity contribution in [2.45, 2.75) is 20.4 Å². The van der Waals surface area contributed by atoms with Gasteiger partial charge in [0.15, 0.2) is 4.47 Å². The van der Waals surface area contributed by atoms with E-state index in [0.717, 1.165) is 16.1 Å². The molecule has 1 aromatic heterocycles. The van der Waals surface area contributed by atoms with Crippen molar-refractivity contribution in [3.8, 4) is 0 Å². The average molecular weight is 298 g/mol. The molecule has 1 N–H and O–H groups in total. The quantitative estimate of drug-likeness (QED) is 0.685. The molecule has 0 saturated carbocycles. The topological polar surface area (TPSA) is 68.1 Å². The van der Waals surface area contributed by atoms with Gasteiger partial charge in [0, 0.05) is 22.8 Å². The minimum Gasteiger partial charge on any atom is -0.379 e. The van der Waals surface area contributed by atoms with Gasteiger partial charge in [0.25, 0.3) is 5.69 Å². The predicted octanol–water partition coefficient (Wildman–Crippen LogP) is 3.93. The van der Waals surface area contributed by atoms with Crippen LogP contribution in [0.4, 0.5) is 11.4 Å². The molecule has 1 aromatic carbocycles. The lowest BCUT2D eigenvalue weighted by molar-refractivity contribution is -0.385. The predicted molar refractivity (Wildman–Crippen MR) is 77.0 cm³/mol. The van der Waals surface area contributed by atoms with E-state index < -0.39 is 0 Å². The summed E-state index contributed by atoms with van der Waals surface area (Å²) in [7, 11) is 0. The molecule has 19 heavy (non-hydrogen) atoms. The number of aromatic nitrogens is 1. The van der Waals surface area contributed by atoms with Crippen LogP contribution in [0, 0.1) is 24.0 Å². The van der Waals surface area contributed by atoms with Gasteiger partial charge < -0.3 is 5.32 Å². The molecule has 2 aromatic rings. The zero-order chi connectivity index (χ0) is 14.0. The molecule has 0 bridgehead atoms. The molecular weight excluding hydrogens is 286 g/mol. The molecule has 0 unspecified atom stereocenters. The third-order valence-electron chi connectivity index (χ3n) is 2.81. The highest BCUT2D eigenvalue weighted by Gasteiger charge is 2.15. The number of nitrogens with zero attached hydrogens (tertiary/aromatic N) is 2. The molecule has 0 atom stereocenters. The lowest BCUT2D eigenvalue weighted by Crippen LogP contribution is -2.03. The van der Waals surface area contributed by atoms with Crippen LogP contribution in [0.1, 0.15) is 16.0 Å². The number of halogens is 1. The molecule has 5 nitrogen and oxygen atoms in total. The Hall–Kier alpha value is -1.66. The molecule has 7 heteroatoms. The number of rotatable bonds is 4. The van der Waals surface area contributed by atoms with Crippen LogP contribution in [0.5, 0.6) is 0 Å². The summed E-state index contributed by atoms with van der Waals surface area (Å²) >= 11 is 7.15. The number of thiazole rings is 1. The number of nitro groups is 1. The van der Waals surface area contributed by atoms with Gasteiger partial charge in [-0.05, 0) is 19.4 Å². The van der Waals surface area contributed by atoms with Crippen LogP contribution in [0.15, 0.2) is 18.3 Å². The maximum atomic E-state index is 10.9. The Balaban J connectivity index is 2.24. The van der Waals surface area contributed by atoms with E-state index in [1.807, 2.05) is 6.92 Å². The molecule has 2 rings (SSSR count). The van der Waals surface area contributed by atoms with Gasteiger partial charge in [0.2, 0.25) is 0 Å². The van der Waals surface area contributed by atoms with Gasteiger partial charge in [-0.2, -0.15) is 0 Å². The third kappa shape index (κ3) is 3.02. The van der Waals surface area contributed by atoms with Crippen molar-refractivity contribution in [1.29, 1.82) is 0 Å². The van der Waals surface area contributed by atoms with E-state index in [4.69, 9.17) is 11.6 Å². The zero-order valence-corrected chi connectivity index (χ0v) is 12.0. The number of nitro benzene ring substituents is 1. The number of nitrogens with one attached hydrogen (secondary N) is 1. The van der Waals surface area contributed by atoms with Crippen molar-refractivity contribution < 1.29 is 4.92 Å². The first kappa shape index (κ1) is 13.8. The van der Waals surface area contributed by atoms with Crippen LogP contribution in [0.2, 0.25) is 4.47 Å². The summed E-state index contributed by atoms with van der Waals surface area (Å²) in [4.78, 5) is 15.5. The number of benzene rings is 1. The Morgan fingerprint density at radius 3 is 2.79 bits per heavy atom. The maximum absolute atomic E-state index is 10.9. The fourth-order valence-electron chi connectivity index (χ4n) is 1.85. The van der Waals surface area contributed by atoms with Gasteiger partial charge in [-0.1, -0.05) is 17.7 Å². The number of hydrogen-bond donors (Lipinski definition) is 1. The van der Waals surface area contributed by atoms with Crippen molar-refractivity contribution in [3.05, 3.63) is 48.9 Å². The van der Waals surface area contributed by atoms with E-state index in [1.165, 1.54) is 17.4 Å². The van der Waals surface area contributed by atoms with E-state index in [9.17, 15) is 10.1 Å². The highest BCUT2D eigenvalue weighted by atomic mass is 35.5. The van der Waals surface area contributed by atoms with Crippen LogP contribution >= 0.6 is 22.9 Å². The number of aryl methyl sites for hydroxylation is 1. The lowest BCUT2D eigenvalue weighted by atomic mass is 10.1. The molecule has 100 valence electrons. The normalized spacial score (nSPS) is 10.5. The van der Waals surface area contributed by atoms with E-state index >= 15 is 0 Å². The average Bonchev–Trinajstić information content (AvgIpc) is 2.74. The van der Waals surface area contributed by atoms with Gasteiger partial charge in [-0.3, -0.25) is 10.1 Å². The molecule has 0 fully saturated rings. The Morgan fingerprint density at radius 2 is 2.21 bits per heavy atom. The molecule has 0 radical (unpaired) electrons. The largest absolute Gasteiger partial charge is 0.379 e. The monoisotopic (exact) mass is 297 g/mol. The van der Waals surface area contributed by atoms with Crippen LogP contribution in [0.3, 0.4) is 0 Å². The molecule has 0 aliphatic rings. The SMILES string of the molecule is Cc1ccc([N+](=O)[O-])c(C)c1NCc1cnc(Cl)s1. The number of anilines is 1. The van der Waals surface area contributed by atoms with Gasteiger partial charge in [-0.15, -0.1) is 11.3 Å². The molecule has 1 heterocycles. The fourth-order valence-corrected chi connectivity index (χ4v) is 2.76. The molecule has 0 aliphatic heterocycles. The first-order valence-electron chi connectivity index (χ1n) is 5.57. The Labute approximate surface area is 119 Å². The smallest absolute Gasteiger partial charge is 0.274 e. The number of hydrogen-bond acceptors (Lipinski definition) is 5. The third-order valence-corrected chi connectivity index (χ3v) is 3.92. The summed E-state index contributed by atoms with van der Waals surface area (Å²) < 4.78 is 0.490. The zero-order valence-electron chi connectivity index (χ0n) is 10.4. The highest BCUT2D eigenvalue weighted by Crippen LogP contribution is 2.29. The summed E-state index contributed by atoms with van der Waals surface area (Å²) in [5, 5.41) is 14.1. The van der Waals surface area contributed by atoms with Crippen molar-refractivity contribution >= 4 is 34.3 Å². The Kier molecular flexibility index (Phi) is 4.01. The van der Waals surface area contributed by atoms with Gasteiger partial charge >= 0.3 is 0 Å². The van der Waals surface area contributed by atoms with Crippen molar-refractivity contribution in [3.63, 3.8) is 0 Å². The lowest BCUT2D eigenvalue weighted by Gasteiger charge is -2.11. The van der Waals surface area contributed by atoms with Crippen LogP contribution in [-0.4, -0.2) is 9.91 Å². The second kappa shape index (κ2) is 5.54. The first-order valence-corrected chi connectivity index (χ1v) is 6.77. The second-order valence-electron chi connectivity index (χ2n) is 4.09. The Morgan fingerprint density at radius 1 is 1.47 bits per heavy atom. The van der Waals surface area contributed by atoms with Crippen molar-refractivity contribution in [2.24, 2.45) is 0 Å². The fraction of sp³-hybridized carbons (Fsp3) is 0.250. The van der Waals surface area contributed by atoms with E-state index in [-0.39, 0.29) is 10.6 Å². The Bertz CT molecular complexity index is 627. The molecule has 0 spiro atoms. The molecule has 0 aliphatic carbocycles. The van der Waals surface area contributed by atoms with Gasteiger partial charge in [-0.25, -0.2) is 4.98 Å². The van der Waals surface area contributed by atoms with Crippen LogP contribution in [0.25, 0.3) is 0 Å². The summed E-state index contributed by atoms with van der Waals surface area (Å²) in [6.45, 7) is 4.21. The minimum atomic E-state index is -0.372. The summed E-state index contributed by atoms with van der Waals surface area (Å²) in [5.74, 6) is 0. The molecular formula is C12H12ClN3O2S. The summed E-state index contributed by atoms with van der Waals surface area (Å²) in [6, 6.07) is 3.27. The standard InChI is InChI=1S/C12H12ClN3O2S/c1-7-3-4-10(16(17)18)8(2)11(7)14-5-9-6-15-12(13)19-9/h3-4,6,14H,5H2,1-2H3. The van der Waals surface area contributed by atoms with Gasteiger partial charge in [0.1, 0.15) is 0 Å². The van der Waals surface area contributed by atoms with Crippen LogP contribution < -0.4 is 5.32 Å². The van der Waals surface area contributed by atoms with Crippen molar-refractivity contribution in [2.75, 3.05) is 5.32 Å². The molecule has 0 amide bonds. The van der Waals surface area contributed by atoms with E-state index in [2.05, 4.69) is 10.3 Å². The van der Waals surface area contributed by atoms with Crippen LogP contribution in [-0.2, 0) is 6.54 Å². The first-order chi connectivity index (χ1) is 8.99. The summed E-state index contributed by atoms with van der Waals surface area (Å²) in [6.07, 6.45) is 1.70. The highest BCUT2D eigenvalue weighted by molar-refractivity contribution is 7.15. The maximum Gasteiger partial charge on any atom is 0.274 e. The van der Waals surface area contributed by atoms with E-state index in [0.29, 0.717) is 16.6 Å². The van der Waals surface area contributed by atoms with E-state index in [1.54, 1.807) is 19.2 Å². The summed E-state index contributed by atoms with van der Waals surface area (Å²) in [5.41, 5.74) is 2.52. The minimum absolute atomic E-state index is 0.121. The van der Waals surface area contributed by atoms with Crippen molar-refractivity contribution in [1.82, 2.24) is 4.98 Å². The second-order valence-corrected chi connectivity index (χ2v) is 5.79.